The summed E-state index contributed by atoms with van der Waals surface area (Å²) >= 11 is 1.68. The fourth-order valence-electron chi connectivity index (χ4n) is 1.45. The zero-order chi connectivity index (χ0) is 9.31. The molecule has 1 N–H and O–H groups in total. The van der Waals surface area contributed by atoms with Crippen molar-refractivity contribution in [2.24, 2.45) is 0 Å². The van der Waals surface area contributed by atoms with Gasteiger partial charge in [0, 0.05) is 17.5 Å². The van der Waals surface area contributed by atoms with Crippen LogP contribution in [-0.2, 0) is 5.60 Å². The number of aromatic nitrogens is 1. The molecule has 70 valence electrons. The molecule has 0 bridgehead atoms. The molecule has 1 aromatic rings. The van der Waals surface area contributed by atoms with Crippen molar-refractivity contribution in [3.8, 4) is 0 Å². The lowest BCUT2D eigenvalue weighted by atomic mass is 9.95. The second-order valence-corrected chi connectivity index (χ2v) is 4.33. The van der Waals surface area contributed by atoms with Gasteiger partial charge in [0.15, 0.2) is 0 Å². The molecular weight excluding hydrogens is 189 g/mol. The zero-order valence-corrected chi connectivity index (χ0v) is 7.85. The van der Waals surface area contributed by atoms with Crippen LogP contribution in [0, 0.1) is 5.82 Å². The van der Waals surface area contributed by atoms with Crippen LogP contribution in [0.1, 0.15) is 12.0 Å². The Kier molecular flexibility index (Phi) is 2.26. The third-order valence-corrected chi connectivity index (χ3v) is 3.42. The van der Waals surface area contributed by atoms with E-state index in [2.05, 4.69) is 4.98 Å². The van der Waals surface area contributed by atoms with Gasteiger partial charge < -0.3 is 5.11 Å². The fourth-order valence-corrected chi connectivity index (χ4v) is 2.72. The highest BCUT2D eigenvalue weighted by atomic mass is 32.2. The Morgan fingerprint density at radius 1 is 1.54 bits per heavy atom. The Morgan fingerprint density at radius 2 is 2.38 bits per heavy atom. The molecule has 1 aliphatic heterocycles. The van der Waals surface area contributed by atoms with Crippen molar-refractivity contribution in [3.05, 3.63) is 29.8 Å². The molecule has 4 heteroatoms. The normalized spacial score (nSPS) is 27.8. The monoisotopic (exact) mass is 199 g/mol. The van der Waals surface area contributed by atoms with Gasteiger partial charge in [0.1, 0.15) is 11.4 Å². The van der Waals surface area contributed by atoms with Gasteiger partial charge in [-0.25, -0.2) is 4.39 Å². The summed E-state index contributed by atoms with van der Waals surface area (Å²) in [6, 6.07) is 1.36. The Labute approximate surface area is 80.2 Å². The molecule has 1 aliphatic rings. The molecule has 0 saturated carbocycles. The molecule has 0 aromatic carbocycles. The molecule has 0 spiro atoms. The maximum absolute atomic E-state index is 12.8. The molecule has 1 aromatic heterocycles. The fraction of sp³-hybridized carbons (Fsp3) is 0.444. The molecule has 2 nitrogen and oxygen atoms in total. The summed E-state index contributed by atoms with van der Waals surface area (Å²) in [5.74, 6) is 1.17. The highest BCUT2D eigenvalue weighted by Crippen LogP contribution is 2.36. The van der Waals surface area contributed by atoms with E-state index >= 15 is 0 Å². The van der Waals surface area contributed by atoms with Crippen molar-refractivity contribution in [3.63, 3.8) is 0 Å². The largest absolute Gasteiger partial charge is 0.384 e. The summed E-state index contributed by atoms with van der Waals surface area (Å²) in [5.41, 5.74) is -0.266. The third-order valence-electron chi connectivity index (χ3n) is 2.24. The van der Waals surface area contributed by atoms with Crippen molar-refractivity contribution in [1.82, 2.24) is 4.98 Å². The van der Waals surface area contributed by atoms with Crippen LogP contribution < -0.4 is 0 Å². The number of hydrogen-bond acceptors (Lipinski definition) is 3. The van der Waals surface area contributed by atoms with Crippen LogP contribution in [-0.4, -0.2) is 21.6 Å². The third kappa shape index (κ3) is 1.69. The average Bonchev–Trinajstić information content (AvgIpc) is 2.54. The van der Waals surface area contributed by atoms with E-state index in [0.29, 0.717) is 17.7 Å². The molecular formula is C9H10FNOS. The van der Waals surface area contributed by atoms with Crippen molar-refractivity contribution >= 4 is 11.8 Å². The first-order valence-corrected chi connectivity index (χ1v) is 5.27. The lowest BCUT2D eigenvalue weighted by Crippen LogP contribution is -2.25. The lowest BCUT2D eigenvalue weighted by molar-refractivity contribution is 0.0650. The zero-order valence-electron chi connectivity index (χ0n) is 7.03. The van der Waals surface area contributed by atoms with E-state index in [9.17, 15) is 9.50 Å². The number of nitrogens with zero attached hydrogens (tertiary/aromatic N) is 1. The van der Waals surface area contributed by atoms with Crippen molar-refractivity contribution < 1.29 is 9.50 Å². The SMILES string of the molecule is OC1(c2cncc(F)c2)CCSC1. The Balaban J connectivity index is 2.33. The first kappa shape index (κ1) is 8.97. The number of thioether (sulfide) groups is 1. The van der Waals surface area contributed by atoms with E-state index in [1.165, 1.54) is 12.3 Å². The van der Waals surface area contributed by atoms with E-state index in [4.69, 9.17) is 0 Å². The van der Waals surface area contributed by atoms with E-state index < -0.39 is 5.60 Å². The van der Waals surface area contributed by atoms with E-state index in [1.807, 2.05) is 0 Å². The number of rotatable bonds is 1. The van der Waals surface area contributed by atoms with Crippen LogP contribution in [0.25, 0.3) is 0 Å². The molecule has 0 aliphatic carbocycles. The quantitative estimate of drug-likeness (QED) is 0.745. The van der Waals surface area contributed by atoms with Crippen LogP contribution in [0.15, 0.2) is 18.5 Å². The van der Waals surface area contributed by atoms with Gasteiger partial charge in [0.2, 0.25) is 0 Å². The Morgan fingerprint density at radius 3 is 3.00 bits per heavy atom. The van der Waals surface area contributed by atoms with Crippen LogP contribution in [0.2, 0.25) is 0 Å². The molecule has 1 unspecified atom stereocenters. The summed E-state index contributed by atoms with van der Waals surface area (Å²) in [7, 11) is 0. The number of pyridine rings is 1. The topological polar surface area (TPSA) is 33.1 Å². The van der Waals surface area contributed by atoms with Crippen LogP contribution in [0.4, 0.5) is 4.39 Å². The number of aliphatic hydroxyl groups is 1. The Hall–Kier alpha value is -0.610. The minimum atomic E-state index is -0.861. The lowest BCUT2D eigenvalue weighted by Gasteiger charge is -2.20. The van der Waals surface area contributed by atoms with Crippen LogP contribution in [0.5, 0.6) is 0 Å². The average molecular weight is 199 g/mol. The van der Waals surface area contributed by atoms with Gasteiger partial charge in [-0.2, -0.15) is 11.8 Å². The molecule has 2 heterocycles. The first-order chi connectivity index (χ1) is 6.21. The minimum absolute atomic E-state index is 0.386. The van der Waals surface area contributed by atoms with Gasteiger partial charge in [-0.1, -0.05) is 0 Å². The smallest absolute Gasteiger partial charge is 0.141 e. The summed E-state index contributed by atoms with van der Waals surface area (Å²) < 4.78 is 12.8. The van der Waals surface area contributed by atoms with Gasteiger partial charge >= 0.3 is 0 Å². The Bertz CT molecular complexity index is 312. The molecule has 0 radical (unpaired) electrons. The van der Waals surface area contributed by atoms with Crippen molar-refractivity contribution in [1.29, 1.82) is 0 Å². The first-order valence-electron chi connectivity index (χ1n) is 4.12. The van der Waals surface area contributed by atoms with Crippen molar-refractivity contribution in [2.45, 2.75) is 12.0 Å². The van der Waals surface area contributed by atoms with Crippen LogP contribution in [0.3, 0.4) is 0 Å². The summed E-state index contributed by atoms with van der Waals surface area (Å²) in [4.78, 5) is 3.73. The summed E-state index contributed by atoms with van der Waals surface area (Å²) in [5, 5.41) is 10.1. The maximum atomic E-state index is 12.8. The van der Waals surface area contributed by atoms with E-state index in [0.717, 1.165) is 11.9 Å². The highest BCUT2D eigenvalue weighted by Gasteiger charge is 2.34. The van der Waals surface area contributed by atoms with Gasteiger partial charge in [0.05, 0.1) is 6.20 Å². The molecule has 0 amide bonds. The number of halogens is 1. The minimum Gasteiger partial charge on any atom is -0.384 e. The van der Waals surface area contributed by atoms with Gasteiger partial charge in [-0.15, -0.1) is 0 Å². The molecule has 2 rings (SSSR count). The predicted octanol–water partition coefficient (Wildman–Crippen LogP) is 1.55. The highest BCUT2D eigenvalue weighted by molar-refractivity contribution is 7.99. The van der Waals surface area contributed by atoms with E-state index in [1.54, 1.807) is 11.8 Å². The molecule has 13 heavy (non-hydrogen) atoms. The second-order valence-electron chi connectivity index (χ2n) is 3.23. The summed E-state index contributed by atoms with van der Waals surface area (Å²) in [6.45, 7) is 0. The maximum Gasteiger partial charge on any atom is 0.141 e. The van der Waals surface area contributed by atoms with Gasteiger partial charge in [0.25, 0.3) is 0 Å². The molecule has 1 fully saturated rings. The standard InChI is InChI=1S/C9H10FNOS/c10-8-3-7(4-11-5-8)9(12)1-2-13-6-9/h3-5,12H,1-2,6H2. The second kappa shape index (κ2) is 3.27. The van der Waals surface area contributed by atoms with Gasteiger partial charge in [-0.05, 0) is 18.2 Å². The summed E-state index contributed by atoms with van der Waals surface area (Å²) in [6.07, 6.45) is 3.37. The van der Waals surface area contributed by atoms with Crippen LogP contribution >= 0.6 is 11.8 Å². The number of hydrogen-bond donors (Lipinski definition) is 1. The predicted molar refractivity (Wildman–Crippen MR) is 50.0 cm³/mol. The molecule has 1 atom stereocenters. The van der Waals surface area contributed by atoms with Crippen molar-refractivity contribution in [2.75, 3.05) is 11.5 Å². The molecule has 1 saturated heterocycles. The van der Waals surface area contributed by atoms with E-state index in [-0.39, 0.29) is 5.82 Å². The van der Waals surface area contributed by atoms with Gasteiger partial charge in [-0.3, -0.25) is 4.98 Å².